The molecule has 21 heavy (non-hydrogen) atoms. The summed E-state index contributed by atoms with van der Waals surface area (Å²) < 4.78 is 18.4. The molecule has 1 aliphatic rings. The van der Waals surface area contributed by atoms with Crippen LogP contribution in [0.15, 0.2) is 24.3 Å². The standard InChI is InChI=1S/C15H21FN2O2S/c1-18(15(19)10-13-11-21-8-5-17-13)6-7-20-14-4-2-3-12(16)9-14/h2-4,9,13,17H,5-8,10-11H2,1H3/t13-/m0/s1. The van der Waals surface area contributed by atoms with Crippen molar-refractivity contribution in [1.82, 2.24) is 10.2 Å². The van der Waals surface area contributed by atoms with Crippen LogP contribution in [0.3, 0.4) is 0 Å². The van der Waals surface area contributed by atoms with Crippen molar-refractivity contribution in [2.75, 3.05) is 38.2 Å². The molecule has 2 rings (SSSR count). The smallest absolute Gasteiger partial charge is 0.224 e. The Bertz CT molecular complexity index is 467. The number of benzene rings is 1. The Morgan fingerprint density at radius 2 is 2.43 bits per heavy atom. The van der Waals surface area contributed by atoms with Crippen molar-refractivity contribution in [3.05, 3.63) is 30.1 Å². The van der Waals surface area contributed by atoms with Crippen LogP contribution >= 0.6 is 11.8 Å². The molecule has 0 unspecified atom stereocenters. The molecule has 1 atom stereocenters. The lowest BCUT2D eigenvalue weighted by atomic mass is 10.2. The lowest BCUT2D eigenvalue weighted by Crippen LogP contribution is -2.42. The number of amides is 1. The summed E-state index contributed by atoms with van der Waals surface area (Å²) in [6, 6.07) is 6.28. The van der Waals surface area contributed by atoms with Gasteiger partial charge in [0.2, 0.25) is 5.91 Å². The zero-order valence-electron chi connectivity index (χ0n) is 12.2. The van der Waals surface area contributed by atoms with Crippen molar-refractivity contribution in [2.45, 2.75) is 12.5 Å². The van der Waals surface area contributed by atoms with E-state index in [9.17, 15) is 9.18 Å². The van der Waals surface area contributed by atoms with Gasteiger partial charge in [0.25, 0.3) is 0 Å². The number of thioether (sulfide) groups is 1. The average Bonchev–Trinajstić information content (AvgIpc) is 2.48. The highest BCUT2D eigenvalue weighted by atomic mass is 32.2. The maximum Gasteiger partial charge on any atom is 0.224 e. The van der Waals surface area contributed by atoms with E-state index < -0.39 is 0 Å². The predicted molar refractivity (Wildman–Crippen MR) is 83.3 cm³/mol. The number of hydrogen-bond acceptors (Lipinski definition) is 4. The number of nitrogens with one attached hydrogen (secondary N) is 1. The van der Waals surface area contributed by atoms with Crippen LogP contribution in [0.4, 0.5) is 4.39 Å². The summed E-state index contributed by atoms with van der Waals surface area (Å²) in [4.78, 5) is 13.7. The number of halogens is 1. The van der Waals surface area contributed by atoms with E-state index in [4.69, 9.17) is 4.74 Å². The monoisotopic (exact) mass is 312 g/mol. The Kier molecular flexibility index (Phi) is 6.32. The van der Waals surface area contributed by atoms with Crippen LogP contribution in [-0.2, 0) is 4.79 Å². The summed E-state index contributed by atoms with van der Waals surface area (Å²) in [6.07, 6.45) is 0.517. The van der Waals surface area contributed by atoms with Crippen molar-refractivity contribution < 1.29 is 13.9 Å². The number of rotatable bonds is 6. The Morgan fingerprint density at radius 3 is 3.14 bits per heavy atom. The van der Waals surface area contributed by atoms with Gasteiger partial charge in [-0.3, -0.25) is 4.79 Å². The van der Waals surface area contributed by atoms with E-state index in [0.717, 1.165) is 18.1 Å². The van der Waals surface area contributed by atoms with Gasteiger partial charge < -0.3 is 15.0 Å². The van der Waals surface area contributed by atoms with Gasteiger partial charge in [-0.15, -0.1) is 0 Å². The fourth-order valence-electron chi connectivity index (χ4n) is 2.10. The lowest BCUT2D eigenvalue weighted by molar-refractivity contribution is -0.130. The predicted octanol–water partition coefficient (Wildman–Crippen LogP) is 1.76. The van der Waals surface area contributed by atoms with Crippen LogP contribution in [0.1, 0.15) is 6.42 Å². The highest BCUT2D eigenvalue weighted by Crippen LogP contribution is 2.13. The van der Waals surface area contributed by atoms with Gasteiger partial charge in [-0.25, -0.2) is 4.39 Å². The van der Waals surface area contributed by atoms with E-state index >= 15 is 0 Å². The Labute approximate surface area is 129 Å². The third-order valence-corrected chi connectivity index (χ3v) is 4.47. The molecule has 116 valence electrons. The first-order valence-electron chi connectivity index (χ1n) is 7.08. The molecular weight excluding hydrogens is 291 g/mol. The van der Waals surface area contributed by atoms with E-state index in [2.05, 4.69) is 5.32 Å². The second-order valence-electron chi connectivity index (χ2n) is 5.05. The molecule has 1 heterocycles. The molecule has 0 spiro atoms. The van der Waals surface area contributed by atoms with Gasteiger partial charge in [0.05, 0.1) is 6.54 Å². The Morgan fingerprint density at radius 1 is 1.57 bits per heavy atom. The van der Waals surface area contributed by atoms with Gasteiger partial charge >= 0.3 is 0 Å². The van der Waals surface area contributed by atoms with Crippen molar-refractivity contribution >= 4 is 17.7 Å². The summed E-state index contributed by atoms with van der Waals surface area (Å²) in [5, 5.41) is 3.35. The second kappa shape index (κ2) is 8.24. The van der Waals surface area contributed by atoms with Crippen LogP contribution in [0.25, 0.3) is 0 Å². The van der Waals surface area contributed by atoms with Gasteiger partial charge in [-0.2, -0.15) is 11.8 Å². The molecule has 6 heteroatoms. The SMILES string of the molecule is CN(CCOc1cccc(F)c1)C(=O)C[C@H]1CSCCN1. The highest BCUT2D eigenvalue weighted by molar-refractivity contribution is 7.99. The molecule has 0 radical (unpaired) electrons. The molecule has 4 nitrogen and oxygen atoms in total. The molecule has 1 N–H and O–H groups in total. The molecule has 0 aromatic heterocycles. The number of carbonyl (C=O) groups is 1. The fourth-order valence-corrected chi connectivity index (χ4v) is 3.05. The second-order valence-corrected chi connectivity index (χ2v) is 6.20. The van der Waals surface area contributed by atoms with Crippen LogP contribution in [0.2, 0.25) is 0 Å². The van der Waals surface area contributed by atoms with Gasteiger partial charge in [0, 0.05) is 43.6 Å². The summed E-state index contributed by atoms with van der Waals surface area (Å²) in [5.74, 6) is 2.37. The molecular formula is C15H21FN2O2S. The molecule has 1 aromatic carbocycles. The van der Waals surface area contributed by atoms with Crippen molar-refractivity contribution in [3.8, 4) is 5.75 Å². The van der Waals surface area contributed by atoms with Crippen LogP contribution in [0.5, 0.6) is 5.75 Å². The van der Waals surface area contributed by atoms with Gasteiger partial charge in [-0.05, 0) is 12.1 Å². The minimum Gasteiger partial charge on any atom is -0.492 e. The number of likely N-dealkylation sites (N-methyl/N-ethyl adjacent to an activating group) is 1. The van der Waals surface area contributed by atoms with E-state index in [1.807, 2.05) is 11.8 Å². The number of hydrogen-bond donors (Lipinski definition) is 1. The first-order valence-corrected chi connectivity index (χ1v) is 8.24. The van der Waals surface area contributed by atoms with Gasteiger partial charge in [-0.1, -0.05) is 6.07 Å². The molecule has 0 saturated carbocycles. The van der Waals surface area contributed by atoms with Crippen LogP contribution in [-0.4, -0.2) is 55.1 Å². The highest BCUT2D eigenvalue weighted by Gasteiger charge is 2.18. The van der Waals surface area contributed by atoms with Crippen molar-refractivity contribution in [3.63, 3.8) is 0 Å². The minimum atomic E-state index is -0.321. The summed E-state index contributed by atoms with van der Waals surface area (Å²) >= 11 is 1.88. The maximum atomic E-state index is 13.0. The third kappa shape index (κ3) is 5.55. The first kappa shape index (κ1) is 16.1. The summed E-state index contributed by atoms with van der Waals surface area (Å²) in [5.41, 5.74) is 0. The Hall–Kier alpha value is -1.27. The fraction of sp³-hybridized carbons (Fsp3) is 0.533. The van der Waals surface area contributed by atoms with Gasteiger partial charge in [0.1, 0.15) is 18.2 Å². The topological polar surface area (TPSA) is 41.6 Å². The molecule has 0 bridgehead atoms. The summed E-state index contributed by atoms with van der Waals surface area (Å²) in [7, 11) is 1.77. The number of carbonyl (C=O) groups excluding carboxylic acids is 1. The number of ether oxygens (including phenoxy) is 1. The molecule has 1 amide bonds. The first-order chi connectivity index (χ1) is 10.1. The molecule has 1 saturated heterocycles. The van der Waals surface area contributed by atoms with E-state index in [1.54, 1.807) is 24.1 Å². The molecule has 0 aliphatic carbocycles. The molecule has 1 fully saturated rings. The zero-order valence-corrected chi connectivity index (χ0v) is 13.0. The number of nitrogens with zero attached hydrogens (tertiary/aromatic N) is 1. The van der Waals surface area contributed by atoms with Crippen molar-refractivity contribution in [2.24, 2.45) is 0 Å². The molecule has 1 aliphatic heterocycles. The van der Waals surface area contributed by atoms with Crippen LogP contribution in [0, 0.1) is 5.82 Å². The molecule has 1 aromatic rings. The van der Waals surface area contributed by atoms with E-state index in [0.29, 0.717) is 25.3 Å². The normalized spacial score (nSPS) is 18.3. The third-order valence-electron chi connectivity index (χ3n) is 3.34. The van der Waals surface area contributed by atoms with Crippen molar-refractivity contribution in [1.29, 1.82) is 0 Å². The largest absolute Gasteiger partial charge is 0.492 e. The summed E-state index contributed by atoms with van der Waals surface area (Å²) in [6.45, 7) is 1.82. The quantitative estimate of drug-likeness (QED) is 0.869. The maximum absolute atomic E-state index is 13.0. The zero-order chi connectivity index (χ0) is 15.1. The minimum absolute atomic E-state index is 0.109. The lowest BCUT2D eigenvalue weighted by Gasteiger charge is -2.25. The van der Waals surface area contributed by atoms with Gasteiger partial charge in [0.15, 0.2) is 0 Å². The van der Waals surface area contributed by atoms with E-state index in [1.165, 1.54) is 12.1 Å². The Balaban J connectivity index is 1.68. The van der Waals surface area contributed by atoms with Crippen LogP contribution < -0.4 is 10.1 Å². The van der Waals surface area contributed by atoms with E-state index in [-0.39, 0.29) is 17.8 Å². The average molecular weight is 312 g/mol.